The molecule has 2 rings (SSSR count). The summed E-state index contributed by atoms with van der Waals surface area (Å²) in [7, 11) is 1.93. The topological polar surface area (TPSA) is 29.9 Å². The van der Waals surface area contributed by atoms with E-state index in [0.29, 0.717) is 0 Å². The molecule has 0 radical (unpaired) electrons. The zero-order chi connectivity index (χ0) is 11.4. The Morgan fingerprint density at radius 3 is 2.62 bits per heavy atom. The molecule has 0 bridgehead atoms. The molecule has 84 valence electrons. The van der Waals surface area contributed by atoms with Crippen LogP contribution >= 0.6 is 0 Å². The van der Waals surface area contributed by atoms with Crippen molar-refractivity contribution in [3.63, 3.8) is 0 Å². The average molecular weight is 215 g/mol. The van der Waals surface area contributed by atoms with Crippen molar-refractivity contribution in [2.75, 3.05) is 7.05 Å². The molecule has 0 amide bonds. The van der Waals surface area contributed by atoms with E-state index in [0.717, 1.165) is 18.8 Å². The van der Waals surface area contributed by atoms with E-state index < -0.39 is 0 Å². The molecule has 1 N–H and O–H groups in total. The SMILES string of the molecule is CCc1ccc(-n2ccnc2CNC)cc1. The highest BCUT2D eigenvalue weighted by atomic mass is 15.1. The molecule has 0 unspecified atom stereocenters. The Morgan fingerprint density at radius 2 is 2.00 bits per heavy atom. The Bertz CT molecular complexity index is 442. The van der Waals surface area contributed by atoms with Crippen molar-refractivity contribution in [2.45, 2.75) is 19.9 Å². The maximum atomic E-state index is 4.33. The van der Waals surface area contributed by atoms with Crippen LogP contribution in [0.3, 0.4) is 0 Å². The molecule has 0 spiro atoms. The molecule has 0 aliphatic carbocycles. The average Bonchev–Trinajstić information content (AvgIpc) is 2.78. The van der Waals surface area contributed by atoms with Gasteiger partial charge in [0.25, 0.3) is 0 Å². The fourth-order valence-corrected chi connectivity index (χ4v) is 1.75. The van der Waals surface area contributed by atoms with Gasteiger partial charge in [0.1, 0.15) is 5.82 Å². The normalized spacial score (nSPS) is 10.6. The van der Waals surface area contributed by atoms with Gasteiger partial charge in [-0.15, -0.1) is 0 Å². The summed E-state index contributed by atoms with van der Waals surface area (Å²) in [4.78, 5) is 4.33. The maximum Gasteiger partial charge on any atom is 0.127 e. The van der Waals surface area contributed by atoms with Gasteiger partial charge in [-0.2, -0.15) is 0 Å². The number of hydrogen-bond donors (Lipinski definition) is 1. The fourth-order valence-electron chi connectivity index (χ4n) is 1.75. The van der Waals surface area contributed by atoms with E-state index in [1.54, 1.807) is 0 Å². The number of aromatic nitrogens is 2. The second-order valence-electron chi connectivity index (χ2n) is 3.76. The lowest BCUT2D eigenvalue weighted by atomic mass is 10.1. The third-order valence-corrected chi connectivity index (χ3v) is 2.68. The first-order valence-electron chi connectivity index (χ1n) is 5.61. The van der Waals surface area contributed by atoms with E-state index in [4.69, 9.17) is 0 Å². The monoisotopic (exact) mass is 215 g/mol. The van der Waals surface area contributed by atoms with Gasteiger partial charge in [-0.05, 0) is 31.2 Å². The summed E-state index contributed by atoms with van der Waals surface area (Å²) in [5.41, 5.74) is 2.53. The zero-order valence-corrected chi connectivity index (χ0v) is 9.77. The molecule has 0 saturated carbocycles. The number of nitrogens with one attached hydrogen (secondary N) is 1. The Morgan fingerprint density at radius 1 is 1.25 bits per heavy atom. The van der Waals surface area contributed by atoms with Crippen molar-refractivity contribution in [3.05, 3.63) is 48.0 Å². The first-order chi connectivity index (χ1) is 7.85. The molecule has 1 aromatic heterocycles. The molecular weight excluding hydrogens is 198 g/mol. The van der Waals surface area contributed by atoms with Gasteiger partial charge in [0.05, 0.1) is 6.54 Å². The minimum absolute atomic E-state index is 0.780. The smallest absolute Gasteiger partial charge is 0.127 e. The van der Waals surface area contributed by atoms with Gasteiger partial charge in [-0.3, -0.25) is 0 Å². The van der Waals surface area contributed by atoms with E-state index in [1.165, 1.54) is 11.3 Å². The highest BCUT2D eigenvalue weighted by molar-refractivity contribution is 5.35. The minimum atomic E-state index is 0.780. The first kappa shape index (κ1) is 10.9. The molecule has 3 heteroatoms. The standard InChI is InChI=1S/C13H17N3/c1-3-11-4-6-12(7-5-11)16-9-8-15-13(16)10-14-2/h4-9,14H,3,10H2,1-2H3. The third kappa shape index (κ3) is 2.14. The van der Waals surface area contributed by atoms with Crippen LogP contribution in [0.4, 0.5) is 0 Å². The van der Waals surface area contributed by atoms with E-state index in [9.17, 15) is 0 Å². The molecule has 0 aliphatic rings. The van der Waals surface area contributed by atoms with Gasteiger partial charge < -0.3 is 9.88 Å². The molecule has 0 atom stereocenters. The van der Waals surface area contributed by atoms with Gasteiger partial charge in [-0.1, -0.05) is 19.1 Å². The van der Waals surface area contributed by atoms with Crippen molar-refractivity contribution < 1.29 is 0 Å². The van der Waals surface area contributed by atoms with Gasteiger partial charge in [0.15, 0.2) is 0 Å². The minimum Gasteiger partial charge on any atom is -0.313 e. The Balaban J connectivity index is 2.31. The lowest BCUT2D eigenvalue weighted by Crippen LogP contribution is -2.11. The Hall–Kier alpha value is -1.61. The van der Waals surface area contributed by atoms with Crippen LogP contribution in [0.5, 0.6) is 0 Å². The van der Waals surface area contributed by atoms with E-state index in [-0.39, 0.29) is 0 Å². The lowest BCUT2D eigenvalue weighted by molar-refractivity contribution is 0.742. The second kappa shape index (κ2) is 4.94. The van der Waals surface area contributed by atoms with Crippen molar-refractivity contribution in [2.24, 2.45) is 0 Å². The summed E-state index contributed by atoms with van der Waals surface area (Å²) in [6.45, 7) is 2.95. The first-order valence-corrected chi connectivity index (χ1v) is 5.61. The highest BCUT2D eigenvalue weighted by Gasteiger charge is 2.03. The molecule has 16 heavy (non-hydrogen) atoms. The highest BCUT2D eigenvalue weighted by Crippen LogP contribution is 2.12. The molecule has 1 aromatic carbocycles. The summed E-state index contributed by atoms with van der Waals surface area (Å²) in [6, 6.07) is 8.61. The molecular formula is C13H17N3. The van der Waals surface area contributed by atoms with Crippen LogP contribution in [0.15, 0.2) is 36.7 Å². The quantitative estimate of drug-likeness (QED) is 0.847. The molecule has 0 fully saturated rings. The van der Waals surface area contributed by atoms with Crippen LogP contribution in [-0.4, -0.2) is 16.6 Å². The lowest BCUT2D eigenvalue weighted by Gasteiger charge is -2.08. The molecule has 2 aromatic rings. The summed E-state index contributed by atoms with van der Waals surface area (Å²) in [5, 5.41) is 3.12. The van der Waals surface area contributed by atoms with Gasteiger partial charge >= 0.3 is 0 Å². The van der Waals surface area contributed by atoms with Gasteiger partial charge in [0, 0.05) is 18.1 Å². The fraction of sp³-hybridized carbons (Fsp3) is 0.308. The summed E-state index contributed by atoms with van der Waals surface area (Å²) in [5.74, 6) is 1.03. The summed E-state index contributed by atoms with van der Waals surface area (Å²) >= 11 is 0. The van der Waals surface area contributed by atoms with Crippen molar-refractivity contribution in [1.29, 1.82) is 0 Å². The maximum absolute atomic E-state index is 4.33. The van der Waals surface area contributed by atoms with Crippen molar-refractivity contribution >= 4 is 0 Å². The number of hydrogen-bond acceptors (Lipinski definition) is 2. The van der Waals surface area contributed by atoms with Crippen LogP contribution in [0.25, 0.3) is 5.69 Å². The third-order valence-electron chi connectivity index (χ3n) is 2.68. The summed E-state index contributed by atoms with van der Waals surface area (Å²) in [6.07, 6.45) is 4.90. The number of nitrogens with zero attached hydrogens (tertiary/aromatic N) is 2. The van der Waals surface area contributed by atoms with E-state index in [1.807, 2.05) is 19.4 Å². The number of benzene rings is 1. The molecule has 0 aliphatic heterocycles. The summed E-state index contributed by atoms with van der Waals surface area (Å²) < 4.78 is 2.11. The largest absolute Gasteiger partial charge is 0.313 e. The van der Waals surface area contributed by atoms with Gasteiger partial charge in [-0.25, -0.2) is 4.98 Å². The van der Waals surface area contributed by atoms with Crippen LogP contribution in [0, 0.1) is 0 Å². The molecule has 3 nitrogen and oxygen atoms in total. The number of imidazole rings is 1. The van der Waals surface area contributed by atoms with Crippen LogP contribution in [0.2, 0.25) is 0 Å². The Labute approximate surface area is 96.1 Å². The van der Waals surface area contributed by atoms with Crippen molar-refractivity contribution in [3.8, 4) is 5.69 Å². The number of rotatable bonds is 4. The predicted molar refractivity (Wildman–Crippen MR) is 65.7 cm³/mol. The second-order valence-corrected chi connectivity index (χ2v) is 3.76. The predicted octanol–water partition coefficient (Wildman–Crippen LogP) is 2.15. The zero-order valence-electron chi connectivity index (χ0n) is 9.77. The van der Waals surface area contributed by atoms with Crippen LogP contribution in [-0.2, 0) is 13.0 Å². The van der Waals surface area contributed by atoms with Crippen LogP contribution < -0.4 is 5.32 Å². The van der Waals surface area contributed by atoms with Crippen molar-refractivity contribution in [1.82, 2.24) is 14.9 Å². The molecule has 1 heterocycles. The van der Waals surface area contributed by atoms with E-state index >= 15 is 0 Å². The Kier molecular flexibility index (Phi) is 3.37. The van der Waals surface area contributed by atoms with Crippen LogP contribution in [0.1, 0.15) is 18.3 Å². The molecule has 0 saturated heterocycles. The van der Waals surface area contributed by atoms with Gasteiger partial charge in [0.2, 0.25) is 0 Å². The number of aryl methyl sites for hydroxylation is 1. The van der Waals surface area contributed by atoms with E-state index in [2.05, 4.69) is 46.1 Å².